The van der Waals surface area contributed by atoms with Gasteiger partial charge in [0.2, 0.25) is 11.8 Å². The Kier molecular flexibility index (Phi) is 5.66. The van der Waals surface area contributed by atoms with Crippen molar-refractivity contribution in [1.29, 1.82) is 0 Å². The summed E-state index contributed by atoms with van der Waals surface area (Å²) in [6.07, 6.45) is 2.68. The Morgan fingerprint density at radius 2 is 2.23 bits per heavy atom. The summed E-state index contributed by atoms with van der Waals surface area (Å²) in [6.45, 7) is 0.676. The molecule has 120 valence electrons. The molecule has 1 heterocycles. The van der Waals surface area contributed by atoms with E-state index < -0.39 is 6.04 Å². The molecule has 0 saturated carbocycles. The Labute approximate surface area is 135 Å². The average Bonchev–Trinajstić information content (AvgIpc) is 2.73. The third kappa shape index (κ3) is 3.71. The summed E-state index contributed by atoms with van der Waals surface area (Å²) in [6, 6.07) is 4.86. The molecule has 1 atom stereocenters. The predicted molar refractivity (Wildman–Crippen MR) is 85.1 cm³/mol. The van der Waals surface area contributed by atoms with Gasteiger partial charge in [-0.3, -0.25) is 9.59 Å². The molecular formula is C16H21ClN2O3. The number of rotatable bonds is 4. The van der Waals surface area contributed by atoms with Crippen molar-refractivity contribution in [3.63, 3.8) is 0 Å². The van der Waals surface area contributed by atoms with Crippen molar-refractivity contribution in [2.24, 2.45) is 0 Å². The number of hydrogen-bond donors (Lipinski definition) is 1. The number of nitrogens with one attached hydrogen (secondary N) is 1. The van der Waals surface area contributed by atoms with Crippen LogP contribution in [-0.2, 0) is 16.0 Å². The van der Waals surface area contributed by atoms with Gasteiger partial charge in [0.15, 0.2) is 0 Å². The molecule has 1 fully saturated rings. The highest BCUT2D eigenvalue weighted by atomic mass is 35.5. The minimum Gasteiger partial charge on any atom is -0.496 e. The van der Waals surface area contributed by atoms with Crippen molar-refractivity contribution in [1.82, 2.24) is 10.2 Å². The van der Waals surface area contributed by atoms with E-state index >= 15 is 0 Å². The smallest absolute Gasteiger partial charge is 0.242 e. The van der Waals surface area contributed by atoms with Crippen molar-refractivity contribution in [2.75, 3.05) is 20.7 Å². The summed E-state index contributed by atoms with van der Waals surface area (Å²) in [5.41, 5.74) is 0.651. The molecule has 22 heavy (non-hydrogen) atoms. The van der Waals surface area contributed by atoms with Crippen molar-refractivity contribution >= 4 is 23.4 Å². The van der Waals surface area contributed by atoms with Crippen molar-refractivity contribution < 1.29 is 14.3 Å². The van der Waals surface area contributed by atoms with Gasteiger partial charge in [-0.15, -0.1) is 0 Å². The van der Waals surface area contributed by atoms with Crippen LogP contribution in [0.25, 0.3) is 0 Å². The van der Waals surface area contributed by atoms with E-state index in [1.165, 1.54) is 4.90 Å². The topological polar surface area (TPSA) is 58.6 Å². The maximum atomic E-state index is 12.5. The lowest BCUT2D eigenvalue weighted by molar-refractivity contribution is -0.138. The minimum absolute atomic E-state index is 0.0838. The van der Waals surface area contributed by atoms with E-state index in [2.05, 4.69) is 5.32 Å². The third-order valence-corrected chi connectivity index (χ3v) is 4.35. The number of carbonyl (C=O) groups excluding carboxylic acids is 2. The molecule has 1 aromatic rings. The highest BCUT2D eigenvalue weighted by molar-refractivity contribution is 6.31. The van der Waals surface area contributed by atoms with Crippen LogP contribution in [0.5, 0.6) is 5.75 Å². The largest absolute Gasteiger partial charge is 0.496 e. The van der Waals surface area contributed by atoms with Gasteiger partial charge in [0, 0.05) is 24.2 Å². The van der Waals surface area contributed by atoms with Crippen molar-refractivity contribution in [3.05, 3.63) is 28.8 Å². The van der Waals surface area contributed by atoms with E-state index in [9.17, 15) is 9.59 Å². The van der Waals surface area contributed by atoms with Crippen LogP contribution in [0.3, 0.4) is 0 Å². The van der Waals surface area contributed by atoms with Crippen LogP contribution < -0.4 is 10.1 Å². The molecule has 2 amide bonds. The monoisotopic (exact) mass is 324 g/mol. The fourth-order valence-electron chi connectivity index (χ4n) is 2.64. The molecule has 0 aliphatic carbocycles. The van der Waals surface area contributed by atoms with Crippen LogP contribution in [0.15, 0.2) is 18.2 Å². The van der Waals surface area contributed by atoms with Crippen LogP contribution in [0.2, 0.25) is 5.02 Å². The SMILES string of the molecule is COc1cccc(Cl)c1CC(=O)N(C)C1CCCCNC1=O. The molecule has 0 aromatic heterocycles. The van der Waals surface area contributed by atoms with E-state index in [-0.39, 0.29) is 18.2 Å². The van der Waals surface area contributed by atoms with Gasteiger partial charge in [-0.25, -0.2) is 0 Å². The lowest BCUT2D eigenvalue weighted by Crippen LogP contribution is -2.47. The summed E-state index contributed by atoms with van der Waals surface area (Å²) in [5.74, 6) is 0.354. The van der Waals surface area contributed by atoms with Crippen molar-refractivity contribution in [2.45, 2.75) is 31.7 Å². The molecule has 1 aliphatic rings. The van der Waals surface area contributed by atoms with E-state index in [1.807, 2.05) is 0 Å². The third-order valence-electron chi connectivity index (χ3n) is 3.99. The molecule has 1 N–H and O–H groups in total. The maximum Gasteiger partial charge on any atom is 0.242 e. The second-order valence-electron chi connectivity index (χ2n) is 5.40. The average molecular weight is 325 g/mol. The standard InChI is InChI=1S/C16H21ClN2O3/c1-19(13-7-3-4-9-18-16(13)21)15(20)10-11-12(17)6-5-8-14(11)22-2/h5-6,8,13H,3-4,7,9-10H2,1-2H3,(H,18,21). The number of amides is 2. The van der Waals surface area contributed by atoms with Gasteiger partial charge in [0.25, 0.3) is 0 Å². The summed E-state index contributed by atoms with van der Waals surface area (Å²) in [7, 11) is 3.21. The van der Waals surface area contributed by atoms with Crippen LogP contribution in [0.1, 0.15) is 24.8 Å². The van der Waals surface area contributed by atoms with Crippen LogP contribution in [0.4, 0.5) is 0 Å². The molecule has 0 radical (unpaired) electrons. The number of benzene rings is 1. The van der Waals surface area contributed by atoms with Gasteiger partial charge in [-0.2, -0.15) is 0 Å². The molecule has 1 aromatic carbocycles. The Morgan fingerprint density at radius 1 is 1.45 bits per heavy atom. The first-order chi connectivity index (χ1) is 10.5. The summed E-state index contributed by atoms with van der Waals surface area (Å²) < 4.78 is 5.26. The quantitative estimate of drug-likeness (QED) is 0.921. The van der Waals surface area contributed by atoms with Gasteiger partial charge >= 0.3 is 0 Å². The number of methoxy groups -OCH3 is 1. The molecular weight excluding hydrogens is 304 g/mol. The fourth-order valence-corrected chi connectivity index (χ4v) is 2.88. The van der Waals surface area contributed by atoms with Crippen LogP contribution >= 0.6 is 11.6 Å². The maximum absolute atomic E-state index is 12.5. The molecule has 1 unspecified atom stereocenters. The summed E-state index contributed by atoms with van der Waals surface area (Å²) in [4.78, 5) is 26.1. The second-order valence-corrected chi connectivity index (χ2v) is 5.81. The normalized spacial score (nSPS) is 18.3. The number of halogens is 1. The molecule has 6 heteroatoms. The zero-order valence-electron chi connectivity index (χ0n) is 12.9. The number of ether oxygens (including phenoxy) is 1. The minimum atomic E-state index is -0.413. The van der Waals surface area contributed by atoms with Gasteiger partial charge in [0.05, 0.1) is 13.5 Å². The van der Waals surface area contributed by atoms with Gasteiger partial charge in [-0.1, -0.05) is 17.7 Å². The Hall–Kier alpha value is -1.75. The first-order valence-corrected chi connectivity index (χ1v) is 7.77. The number of nitrogens with zero attached hydrogens (tertiary/aromatic N) is 1. The van der Waals surface area contributed by atoms with Crippen LogP contribution in [0, 0.1) is 0 Å². The van der Waals surface area contributed by atoms with E-state index in [0.717, 1.165) is 12.8 Å². The van der Waals surface area contributed by atoms with Gasteiger partial charge < -0.3 is 15.0 Å². The zero-order valence-corrected chi connectivity index (χ0v) is 13.7. The van der Waals surface area contributed by atoms with Crippen molar-refractivity contribution in [3.8, 4) is 5.75 Å². The Morgan fingerprint density at radius 3 is 2.95 bits per heavy atom. The van der Waals surface area contributed by atoms with Gasteiger partial charge in [0.1, 0.15) is 11.8 Å². The van der Waals surface area contributed by atoms with Crippen LogP contribution in [-0.4, -0.2) is 43.5 Å². The lowest BCUT2D eigenvalue weighted by Gasteiger charge is -2.26. The number of likely N-dealkylation sites (N-methyl/N-ethyl adjacent to an activating group) is 1. The Bertz CT molecular complexity index is 562. The molecule has 0 spiro atoms. The van der Waals surface area contributed by atoms with E-state index in [1.54, 1.807) is 32.4 Å². The Balaban J connectivity index is 2.13. The highest BCUT2D eigenvalue weighted by Crippen LogP contribution is 2.27. The lowest BCUT2D eigenvalue weighted by atomic mass is 10.1. The fraction of sp³-hybridized carbons (Fsp3) is 0.500. The first kappa shape index (κ1) is 16.6. The highest BCUT2D eigenvalue weighted by Gasteiger charge is 2.28. The van der Waals surface area contributed by atoms with E-state index in [4.69, 9.17) is 16.3 Å². The van der Waals surface area contributed by atoms with Gasteiger partial charge in [-0.05, 0) is 31.4 Å². The number of carbonyl (C=O) groups is 2. The first-order valence-electron chi connectivity index (χ1n) is 7.39. The summed E-state index contributed by atoms with van der Waals surface area (Å²) in [5, 5.41) is 3.34. The predicted octanol–water partition coefficient (Wildman–Crippen LogP) is 2.02. The summed E-state index contributed by atoms with van der Waals surface area (Å²) >= 11 is 6.17. The molecule has 1 saturated heterocycles. The molecule has 2 rings (SSSR count). The second kappa shape index (κ2) is 7.49. The zero-order chi connectivity index (χ0) is 16.1. The molecule has 0 bridgehead atoms. The van der Waals surface area contributed by atoms with E-state index in [0.29, 0.717) is 29.3 Å². The number of hydrogen-bond acceptors (Lipinski definition) is 3. The molecule has 5 nitrogen and oxygen atoms in total. The molecule has 1 aliphatic heterocycles.